The lowest BCUT2D eigenvalue weighted by Gasteiger charge is -2.45. The number of fused-ring (bicyclic) bond motifs is 3. The maximum atomic E-state index is 13.5. The van der Waals surface area contributed by atoms with Crippen LogP contribution in [-0.4, -0.2) is 92.7 Å². The number of hydrogen-bond acceptors (Lipinski definition) is 8. The van der Waals surface area contributed by atoms with Crippen molar-refractivity contribution in [3.05, 3.63) is 58.1 Å². The van der Waals surface area contributed by atoms with Gasteiger partial charge in [-0.05, 0) is 125 Å². The molecule has 2 aliphatic carbocycles. The second-order valence-corrected chi connectivity index (χ2v) is 18.1. The molecule has 9 nitrogen and oxygen atoms in total. The molecule has 3 fully saturated rings. The molecular formula is C41H61ClN4O5S. The third-order valence-corrected chi connectivity index (χ3v) is 14.0. The molecule has 5 aliphatic rings. The Morgan fingerprint density at radius 1 is 1.10 bits per heavy atom. The molecule has 0 bridgehead atoms. The average molecular weight is 757 g/mol. The van der Waals surface area contributed by atoms with E-state index in [0.717, 1.165) is 100 Å². The summed E-state index contributed by atoms with van der Waals surface area (Å²) in [7, 11) is 2.77. The van der Waals surface area contributed by atoms with Crippen LogP contribution < -0.4 is 19.7 Å². The van der Waals surface area contributed by atoms with E-state index in [1.54, 1.807) is 6.07 Å². The molecule has 1 spiro atoms. The average Bonchev–Trinajstić information content (AvgIpc) is 3.25. The highest BCUT2D eigenvalue weighted by Gasteiger charge is 2.44. The minimum absolute atomic E-state index is 0.105. The van der Waals surface area contributed by atoms with Crippen LogP contribution >= 0.6 is 11.6 Å². The molecule has 288 valence electrons. The van der Waals surface area contributed by atoms with Crippen molar-refractivity contribution in [2.45, 2.75) is 102 Å². The zero-order chi connectivity index (χ0) is 36.8. The quantitative estimate of drug-likeness (QED) is 0.261. The summed E-state index contributed by atoms with van der Waals surface area (Å²) in [6.45, 7) is 12.3. The summed E-state index contributed by atoms with van der Waals surface area (Å²) in [5.41, 5.74) is 3.90. The second kappa shape index (κ2) is 17.9. The molecule has 7 rings (SSSR count). The molecular weight excluding hydrogens is 696 g/mol. The topological polar surface area (TPSA) is 92.4 Å². The fourth-order valence-electron chi connectivity index (χ4n) is 8.43. The Morgan fingerprint density at radius 3 is 2.52 bits per heavy atom. The van der Waals surface area contributed by atoms with Crippen LogP contribution in [0.3, 0.4) is 0 Å². The van der Waals surface area contributed by atoms with Crippen molar-refractivity contribution in [2.24, 2.45) is 17.8 Å². The molecule has 5 unspecified atom stereocenters. The largest absolute Gasteiger partial charge is 0.490 e. The number of ether oxygens (including phenoxy) is 3. The highest BCUT2D eigenvalue weighted by atomic mass is 35.5. The van der Waals surface area contributed by atoms with Gasteiger partial charge >= 0.3 is 0 Å². The summed E-state index contributed by atoms with van der Waals surface area (Å²) in [6.07, 6.45) is 9.27. The number of benzene rings is 2. The Bertz CT molecular complexity index is 1530. The molecule has 6 atom stereocenters. The number of halogens is 1. The molecule has 0 aromatic heterocycles. The summed E-state index contributed by atoms with van der Waals surface area (Å²) < 4.78 is 34.4. The normalized spacial score (nSPS) is 26.3. The van der Waals surface area contributed by atoms with Crippen molar-refractivity contribution in [1.29, 1.82) is 0 Å². The summed E-state index contributed by atoms with van der Waals surface area (Å²) in [5.74, 6) is 1.79. The predicted molar refractivity (Wildman–Crippen MR) is 211 cm³/mol. The molecule has 52 heavy (non-hydrogen) atoms. The SMILES string of the molecule is CCCC(C)C(C)S(=O)NC(=O)c1ccc2c(c1)N(CC1CCC1CC1OCCCO1)C[C@@]1(CCCc3cc(Cl)ccc31)CO2.CN(C)C1CNC1. The van der Waals surface area contributed by atoms with Crippen LogP contribution in [0.2, 0.25) is 5.02 Å². The van der Waals surface area contributed by atoms with E-state index in [2.05, 4.69) is 59.9 Å². The van der Waals surface area contributed by atoms with Crippen LogP contribution in [0.5, 0.6) is 5.75 Å². The maximum absolute atomic E-state index is 13.5. The van der Waals surface area contributed by atoms with Gasteiger partial charge in [-0.25, -0.2) is 4.21 Å². The van der Waals surface area contributed by atoms with Gasteiger partial charge in [-0.15, -0.1) is 0 Å². The number of hydrogen-bond donors (Lipinski definition) is 2. The van der Waals surface area contributed by atoms with E-state index in [1.165, 1.54) is 30.6 Å². The molecule has 2 N–H and O–H groups in total. The van der Waals surface area contributed by atoms with Crippen molar-refractivity contribution < 1.29 is 23.2 Å². The van der Waals surface area contributed by atoms with Crippen molar-refractivity contribution in [3.63, 3.8) is 0 Å². The first-order valence-corrected chi connectivity index (χ1v) is 21.3. The standard InChI is InChI=1S/C36H49ClN2O5S.C5H12N2/c1-4-7-24(2)25(3)45(41)38-35(40)28-11-14-33-32(19-28)39(21-29-10-9-26(29)20-34-42-16-6-17-43-34)22-36(23-44-33)15-5-8-27-18-30(37)12-13-31(27)36;1-7(2)5-3-6-4-5/h11-14,18-19,24-26,29,34H,4-10,15-17,20-23H2,1-3H3,(H,38,40);5-6H,3-4H2,1-2H3/t24?,25?,26?,29?,36-,45?;/m0./s1. The molecule has 2 aromatic rings. The van der Waals surface area contributed by atoms with Crippen molar-refractivity contribution in [1.82, 2.24) is 14.9 Å². The highest BCUT2D eigenvalue weighted by molar-refractivity contribution is 7.84. The first-order chi connectivity index (χ1) is 25.1. The third kappa shape index (κ3) is 9.35. The summed E-state index contributed by atoms with van der Waals surface area (Å²) in [4.78, 5) is 18.2. The Kier molecular flexibility index (Phi) is 13.6. The molecule has 0 radical (unpaired) electrons. The first-order valence-electron chi connectivity index (χ1n) is 19.7. The Balaban J connectivity index is 0.000000594. The third-order valence-electron chi connectivity index (χ3n) is 12.3. The summed E-state index contributed by atoms with van der Waals surface area (Å²) in [5, 5.41) is 3.85. The molecule has 2 saturated heterocycles. The van der Waals surface area contributed by atoms with E-state index in [1.807, 2.05) is 25.1 Å². The Morgan fingerprint density at radius 2 is 1.87 bits per heavy atom. The van der Waals surface area contributed by atoms with Gasteiger partial charge in [0.1, 0.15) is 16.7 Å². The lowest BCUT2D eigenvalue weighted by molar-refractivity contribution is -0.192. The molecule has 3 heterocycles. The van der Waals surface area contributed by atoms with Crippen molar-refractivity contribution >= 4 is 34.2 Å². The highest BCUT2D eigenvalue weighted by Crippen LogP contribution is 2.47. The van der Waals surface area contributed by atoms with E-state index in [9.17, 15) is 9.00 Å². The number of carbonyl (C=O) groups excluding carboxylic acids is 1. The molecule has 2 aromatic carbocycles. The van der Waals surface area contributed by atoms with E-state index >= 15 is 0 Å². The zero-order valence-corrected chi connectivity index (χ0v) is 33.5. The number of likely N-dealkylation sites (N-methyl/N-ethyl adjacent to an activating group) is 1. The minimum atomic E-state index is -1.47. The summed E-state index contributed by atoms with van der Waals surface area (Å²) in [6, 6.07) is 12.8. The number of rotatable bonds is 11. The van der Waals surface area contributed by atoms with Gasteiger partial charge in [-0.1, -0.05) is 37.9 Å². The van der Waals surface area contributed by atoms with Crippen LogP contribution in [0, 0.1) is 17.8 Å². The van der Waals surface area contributed by atoms with Gasteiger partial charge in [-0.3, -0.25) is 9.52 Å². The number of carbonyl (C=O) groups is 1. The lowest BCUT2D eigenvalue weighted by atomic mass is 9.69. The van der Waals surface area contributed by atoms with Crippen molar-refractivity contribution in [2.75, 3.05) is 65.0 Å². The fourth-order valence-corrected chi connectivity index (χ4v) is 9.67. The van der Waals surface area contributed by atoms with E-state index < -0.39 is 11.0 Å². The summed E-state index contributed by atoms with van der Waals surface area (Å²) >= 11 is 6.44. The molecule has 1 saturated carbocycles. The minimum Gasteiger partial charge on any atom is -0.490 e. The Hall–Kier alpha value is -2.21. The first kappa shape index (κ1) is 39.5. The van der Waals surface area contributed by atoms with Gasteiger partial charge in [0.25, 0.3) is 5.91 Å². The van der Waals surface area contributed by atoms with Crippen LogP contribution in [0.15, 0.2) is 36.4 Å². The maximum Gasteiger partial charge on any atom is 0.263 e. The van der Waals surface area contributed by atoms with Gasteiger partial charge in [0.15, 0.2) is 6.29 Å². The number of nitrogens with one attached hydrogen (secondary N) is 2. The number of anilines is 1. The van der Waals surface area contributed by atoms with Crippen molar-refractivity contribution in [3.8, 4) is 5.75 Å². The van der Waals surface area contributed by atoms with E-state index in [-0.39, 0.29) is 28.8 Å². The van der Waals surface area contributed by atoms with E-state index in [0.29, 0.717) is 24.0 Å². The smallest absolute Gasteiger partial charge is 0.263 e. The Labute approximate surface area is 319 Å². The van der Waals surface area contributed by atoms with Crippen LogP contribution in [-0.2, 0) is 32.3 Å². The van der Waals surface area contributed by atoms with Gasteiger partial charge in [0.2, 0.25) is 0 Å². The fraction of sp³-hybridized carbons (Fsp3) is 0.683. The molecule has 11 heteroatoms. The van der Waals surface area contributed by atoms with Gasteiger partial charge in [0, 0.05) is 54.6 Å². The van der Waals surface area contributed by atoms with Crippen LogP contribution in [0.25, 0.3) is 0 Å². The monoisotopic (exact) mass is 756 g/mol. The number of aryl methyl sites for hydroxylation is 1. The van der Waals surface area contributed by atoms with Crippen LogP contribution in [0.4, 0.5) is 5.69 Å². The number of nitrogens with zero attached hydrogens (tertiary/aromatic N) is 2. The lowest BCUT2D eigenvalue weighted by Crippen LogP contribution is -2.54. The van der Waals surface area contributed by atoms with Gasteiger partial charge < -0.3 is 29.3 Å². The second-order valence-electron chi connectivity index (χ2n) is 16.1. The molecule has 1 amide bonds. The van der Waals surface area contributed by atoms with E-state index in [4.69, 9.17) is 25.8 Å². The zero-order valence-electron chi connectivity index (χ0n) is 32.0. The predicted octanol–water partition coefficient (Wildman–Crippen LogP) is 6.73. The van der Waals surface area contributed by atoms with Gasteiger partial charge in [0.05, 0.1) is 30.8 Å². The number of amides is 1. The van der Waals surface area contributed by atoms with Crippen LogP contribution in [0.1, 0.15) is 93.6 Å². The van der Waals surface area contributed by atoms with Gasteiger partial charge in [-0.2, -0.15) is 0 Å². The molecule has 3 aliphatic heterocycles.